The van der Waals surface area contributed by atoms with E-state index >= 15 is 0 Å². The van der Waals surface area contributed by atoms with Crippen LogP contribution in [0.1, 0.15) is 30.6 Å². The van der Waals surface area contributed by atoms with Gasteiger partial charge in [-0.2, -0.15) is 5.10 Å². The Morgan fingerprint density at radius 2 is 1.90 bits per heavy atom. The number of halogens is 1. The van der Waals surface area contributed by atoms with E-state index in [2.05, 4.69) is 22.7 Å². The SMILES string of the molecule is CCc1ccc(NC(=O)CC2C(=O)Nc3c(-c4ccc(Cl)cc4)c(COC)nn32)cc1. The van der Waals surface area contributed by atoms with Crippen LogP contribution in [0.2, 0.25) is 5.02 Å². The van der Waals surface area contributed by atoms with Gasteiger partial charge in [-0.05, 0) is 41.8 Å². The summed E-state index contributed by atoms with van der Waals surface area (Å²) in [6.07, 6.45) is 0.904. The van der Waals surface area contributed by atoms with Crippen LogP contribution < -0.4 is 10.6 Å². The van der Waals surface area contributed by atoms with Crippen molar-refractivity contribution in [1.29, 1.82) is 0 Å². The fraction of sp³-hybridized carbons (Fsp3) is 0.261. The van der Waals surface area contributed by atoms with Crippen molar-refractivity contribution < 1.29 is 14.3 Å². The van der Waals surface area contributed by atoms with Gasteiger partial charge in [-0.3, -0.25) is 9.59 Å². The van der Waals surface area contributed by atoms with Gasteiger partial charge in [0.2, 0.25) is 5.91 Å². The molecule has 0 radical (unpaired) electrons. The largest absolute Gasteiger partial charge is 0.378 e. The van der Waals surface area contributed by atoms with Crippen LogP contribution >= 0.6 is 11.6 Å². The molecule has 8 heteroatoms. The van der Waals surface area contributed by atoms with Crippen molar-refractivity contribution in [3.8, 4) is 11.1 Å². The Balaban J connectivity index is 1.59. The zero-order chi connectivity index (χ0) is 22.0. The molecule has 2 amide bonds. The summed E-state index contributed by atoms with van der Waals surface area (Å²) in [5.74, 6) is 0.0386. The molecule has 2 heterocycles. The van der Waals surface area contributed by atoms with Gasteiger partial charge in [0.1, 0.15) is 11.9 Å². The molecule has 31 heavy (non-hydrogen) atoms. The Morgan fingerprint density at radius 3 is 2.55 bits per heavy atom. The first-order chi connectivity index (χ1) is 15.0. The van der Waals surface area contributed by atoms with Gasteiger partial charge in [0.25, 0.3) is 5.91 Å². The van der Waals surface area contributed by atoms with Crippen LogP contribution in [-0.4, -0.2) is 28.7 Å². The van der Waals surface area contributed by atoms with Gasteiger partial charge < -0.3 is 15.4 Å². The van der Waals surface area contributed by atoms with E-state index in [4.69, 9.17) is 16.3 Å². The maximum Gasteiger partial charge on any atom is 0.251 e. The third-order valence-electron chi connectivity index (χ3n) is 5.26. The van der Waals surface area contributed by atoms with Crippen LogP contribution in [0.25, 0.3) is 11.1 Å². The van der Waals surface area contributed by atoms with Gasteiger partial charge in [-0.1, -0.05) is 42.8 Å². The molecular weight excluding hydrogens is 416 g/mol. The van der Waals surface area contributed by atoms with Gasteiger partial charge in [0.05, 0.1) is 18.7 Å². The number of methoxy groups -OCH3 is 1. The molecule has 160 valence electrons. The Morgan fingerprint density at radius 1 is 1.19 bits per heavy atom. The number of aromatic nitrogens is 2. The number of nitrogens with zero attached hydrogens (tertiary/aromatic N) is 2. The third-order valence-corrected chi connectivity index (χ3v) is 5.51. The summed E-state index contributed by atoms with van der Waals surface area (Å²) in [6, 6.07) is 14.2. The molecule has 0 bridgehead atoms. The topological polar surface area (TPSA) is 85.2 Å². The summed E-state index contributed by atoms with van der Waals surface area (Å²) in [5.41, 5.74) is 4.20. The molecule has 2 N–H and O–H groups in total. The van der Waals surface area contributed by atoms with Crippen molar-refractivity contribution in [1.82, 2.24) is 9.78 Å². The van der Waals surface area contributed by atoms with E-state index in [1.807, 2.05) is 36.4 Å². The molecule has 1 aliphatic heterocycles. The number of hydrogen-bond donors (Lipinski definition) is 2. The summed E-state index contributed by atoms with van der Waals surface area (Å²) < 4.78 is 6.88. The number of ether oxygens (including phenoxy) is 1. The molecule has 0 fully saturated rings. The van der Waals surface area contributed by atoms with Gasteiger partial charge in [-0.15, -0.1) is 0 Å². The second kappa shape index (κ2) is 8.91. The number of anilines is 2. The number of fused-ring (bicyclic) bond motifs is 1. The fourth-order valence-corrected chi connectivity index (χ4v) is 3.81. The predicted octanol–water partition coefficient (Wildman–Crippen LogP) is 4.43. The van der Waals surface area contributed by atoms with Crippen molar-refractivity contribution in [2.24, 2.45) is 0 Å². The fourth-order valence-electron chi connectivity index (χ4n) is 3.69. The number of nitrogens with one attached hydrogen (secondary N) is 2. The minimum atomic E-state index is -0.735. The first kappa shape index (κ1) is 21.1. The highest BCUT2D eigenvalue weighted by atomic mass is 35.5. The second-order valence-electron chi connectivity index (χ2n) is 7.36. The van der Waals surface area contributed by atoms with Gasteiger partial charge in [0.15, 0.2) is 0 Å². The average molecular weight is 439 g/mol. The number of benzene rings is 2. The summed E-state index contributed by atoms with van der Waals surface area (Å²) in [5, 5.41) is 10.9. The van der Waals surface area contributed by atoms with E-state index in [9.17, 15) is 9.59 Å². The molecular formula is C23H23ClN4O3. The van der Waals surface area contributed by atoms with Crippen molar-refractivity contribution in [3.63, 3.8) is 0 Å². The third kappa shape index (κ3) is 4.33. The van der Waals surface area contributed by atoms with Crippen LogP contribution in [0.4, 0.5) is 11.5 Å². The summed E-state index contributed by atoms with van der Waals surface area (Å²) in [6.45, 7) is 2.35. The first-order valence-corrected chi connectivity index (χ1v) is 10.4. The van der Waals surface area contributed by atoms with Crippen molar-refractivity contribution in [2.75, 3.05) is 17.7 Å². The highest BCUT2D eigenvalue weighted by molar-refractivity contribution is 6.30. The molecule has 2 aromatic carbocycles. The van der Waals surface area contributed by atoms with E-state index in [0.29, 0.717) is 22.2 Å². The second-order valence-corrected chi connectivity index (χ2v) is 7.80. The number of aryl methyl sites for hydroxylation is 1. The van der Waals surface area contributed by atoms with Crippen LogP contribution in [0, 0.1) is 0 Å². The van der Waals surface area contributed by atoms with Crippen molar-refractivity contribution in [3.05, 3.63) is 64.8 Å². The highest BCUT2D eigenvalue weighted by Gasteiger charge is 2.37. The molecule has 1 aromatic heterocycles. The molecule has 1 aliphatic rings. The van der Waals surface area contributed by atoms with E-state index in [1.54, 1.807) is 23.9 Å². The highest BCUT2D eigenvalue weighted by Crippen LogP contribution is 2.39. The normalized spacial score (nSPS) is 14.9. The minimum absolute atomic E-state index is 0.0253. The number of rotatable bonds is 7. The Bertz CT molecular complexity index is 1110. The molecule has 0 saturated heterocycles. The molecule has 7 nitrogen and oxygen atoms in total. The maximum atomic E-state index is 12.7. The monoisotopic (exact) mass is 438 g/mol. The zero-order valence-corrected chi connectivity index (χ0v) is 18.1. The molecule has 0 spiro atoms. The van der Waals surface area contributed by atoms with Gasteiger partial charge in [-0.25, -0.2) is 4.68 Å². The van der Waals surface area contributed by atoms with E-state index in [1.165, 1.54) is 5.56 Å². The van der Waals surface area contributed by atoms with Crippen molar-refractivity contribution >= 4 is 34.9 Å². The van der Waals surface area contributed by atoms with Crippen LogP contribution in [-0.2, 0) is 27.4 Å². The molecule has 1 atom stereocenters. The molecule has 3 aromatic rings. The Kier molecular flexibility index (Phi) is 6.06. The van der Waals surface area contributed by atoms with E-state index in [0.717, 1.165) is 17.5 Å². The number of carbonyl (C=O) groups excluding carboxylic acids is 2. The average Bonchev–Trinajstić information content (AvgIpc) is 3.25. The van der Waals surface area contributed by atoms with Crippen LogP contribution in [0.3, 0.4) is 0 Å². The lowest BCUT2D eigenvalue weighted by Gasteiger charge is -2.10. The minimum Gasteiger partial charge on any atom is -0.378 e. The molecule has 0 aliphatic carbocycles. The van der Waals surface area contributed by atoms with E-state index < -0.39 is 6.04 Å². The lowest BCUT2D eigenvalue weighted by molar-refractivity contribution is -0.123. The van der Waals surface area contributed by atoms with Crippen molar-refractivity contribution in [2.45, 2.75) is 32.4 Å². The van der Waals surface area contributed by atoms with Crippen LogP contribution in [0.5, 0.6) is 0 Å². The summed E-state index contributed by atoms with van der Waals surface area (Å²) >= 11 is 6.02. The lowest BCUT2D eigenvalue weighted by Crippen LogP contribution is -2.24. The quantitative estimate of drug-likeness (QED) is 0.571. The number of hydrogen-bond acceptors (Lipinski definition) is 4. The Labute approximate surface area is 185 Å². The smallest absolute Gasteiger partial charge is 0.251 e. The maximum absolute atomic E-state index is 12.7. The molecule has 1 unspecified atom stereocenters. The summed E-state index contributed by atoms with van der Waals surface area (Å²) in [4.78, 5) is 25.3. The van der Waals surface area contributed by atoms with E-state index in [-0.39, 0.29) is 24.8 Å². The van der Waals surface area contributed by atoms with Gasteiger partial charge >= 0.3 is 0 Å². The van der Waals surface area contributed by atoms with Gasteiger partial charge in [0, 0.05) is 23.4 Å². The summed E-state index contributed by atoms with van der Waals surface area (Å²) in [7, 11) is 1.59. The molecule has 0 saturated carbocycles. The Hall–Kier alpha value is -3.16. The van der Waals surface area contributed by atoms with Crippen LogP contribution in [0.15, 0.2) is 48.5 Å². The predicted molar refractivity (Wildman–Crippen MR) is 120 cm³/mol. The molecule has 4 rings (SSSR count). The number of amides is 2. The standard InChI is InChI=1S/C23H23ClN4O3/c1-3-14-4-10-17(11-5-14)25-20(29)12-19-23(30)26-22-21(15-6-8-16(24)9-7-15)18(13-31-2)27-28(19)22/h4-11,19H,3,12-13H2,1-2H3,(H,25,29)(H,26,30). The first-order valence-electron chi connectivity index (χ1n) is 10.1. The zero-order valence-electron chi connectivity index (χ0n) is 17.3. The lowest BCUT2D eigenvalue weighted by atomic mass is 10.1. The number of carbonyl (C=O) groups is 2.